The Bertz CT molecular complexity index is 768. The minimum atomic E-state index is -0.926. The van der Waals surface area contributed by atoms with Crippen molar-refractivity contribution in [1.29, 1.82) is 0 Å². The number of benzene rings is 1. The van der Waals surface area contributed by atoms with Crippen LogP contribution in [-0.4, -0.2) is 27.5 Å². The minimum Gasteiger partial charge on any atom is -0.487 e. The molecule has 1 aromatic heterocycles. The van der Waals surface area contributed by atoms with Crippen molar-refractivity contribution in [3.05, 3.63) is 45.9 Å². The van der Waals surface area contributed by atoms with E-state index in [0.717, 1.165) is 10.7 Å². The van der Waals surface area contributed by atoms with E-state index in [0.29, 0.717) is 30.8 Å². The number of aromatic nitrogens is 1. The molecule has 0 fully saturated rings. The number of thiazole rings is 1. The van der Waals surface area contributed by atoms with Crippen molar-refractivity contribution >= 4 is 23.2 Å². The summed E-state index contributed by atoms with van der Waals surface area (Å²) in [4.78, 5) is 28.1. The van der Waals surface area contributed by atoms with Crippen LogP contribution in [0.4, 0.5) is 0 Å². The number of rotatable bonds is 9. The third kappa shape index (κ3) is 5.29. The smallest absolute Gasteiger partial charge is 0.305 e. The number of hydrogen-bond donors (Lipinski definition) is 2. The fourth-order valence-corrected chi connectivity index (χ4v) is 3.28. The molecule has 0 aliphatic heterocycles. The van der Waals surface area contributed by atoms with Crippen molar-refractivity contribution in [2.45, 2.75) is 52.2 Å². The summed E-state index contributed by atoms with van der Waals surface area (Å²) in [5.41, 5.74) is 0.533. The van der Waals surface area contributed by atoms with Crippen molar-refractivity contribution < 1.29 is 19.4 Å². The summed E-state index contributed by atoms with van der Waals surface area (Å²) in [7, 11) is 0. The molecule has 140 valence electrons. The molecule has 1 amide bonds. The molecule has 0 atom stereocenters. The number of amides is 1. The molecule has 2 aromatic rings. The predicted molar refractivity (Wildman–Crippen MR) is 101 cm³/mol. The SMILES string of the molecule is CCC(CC)(CC(=O)O)NC(=O)c1cccc(OCc2csc(C)n2)c1. The molecule has 0 radical (unpaired) electrons. The van der Waals surface area contributed by atoms with Crippen LogP contribution in [0.2, 0.25) is 0 Å². The predicted octanol–water partition coefficient (Wildman–Crippen LogP) is 3.79. The zero-order valence-corrected chi connectivity index (χ0v) is 16.1. The van der Waals surface area contributed by atoms with E-state index in [1.165, 1.54) is 0 Å². The third-order valence-electron chi connectivity index (χ3n) is 4.37. The lowest BCUT2D eigenvalue weighted by Crippen LogP contribution is -2.49. The molecule has 26 heavy (non-hydrogen) atoms. The van der Waals surface area contributed by atoms with Gasteiger partial charge in [-0.05, 0) is 38.0 Å². The van der Waals surface area contributed by atoms with Crippen molar-refractivity contribution in [3.8, 4) is 5.75 Å². The standard InChI is InChI=1S/C19H24N2O4S/c1-4-19(5-2,10-17(22)23)21-18(24)14-7-6-8-16(9-14)25-11-15-12-26-13(3)20-15/h6-9,12H,4-5,10-11H2,1-3H3,(H,21,24)(H,22,23). The highest BCUT2D eigenvalue weighted by atomic mass is 32.1. The van der Waals surface area contributed by atoms with Gasteiger partial charge in [0.1, 0.15) is 12.4 Å². The zero-order chi connectivity index (χ0) is 19.2. The van der Waals surface area contributed by atoms with E-state index in [2.05, 4.69) is 10.3 Å². The van der Waals surface area contributed by atoms with Gasteiger partial charge in [0.05, 0.1) is 22.7 Å². The number of carbonyl (C=O) groups excluding carboxylic acids is 1. The second-order valence-corrected chi connectivity index (χ2v) is 7.25. The number of aliphatic carboxylic acids is 1. The van der Waals surface area contributed by atoms with Gasteiger partial charge in [-0.15, -0.1) is 11.3 Å². The summed E-state index contributed by atoms with van der Waals surface area (Å²) in [5.74, 6) is -0.658. The Morgan fingerprint density at radius 1 is 1.31 bits per heavy atom. The summed E-state index contributed by atoms with van der Waals surface area (Å²) >= 11 is 1.56. The molecule has 0 aliphatic carbocycles. The number of carboxylic acids is 1. The molecule has 0 saturated carbocycles. The van der Waals surface area contributed by atoms with Crippen LogP contribution in [0.25, 0.3) is 0 Å². The lowest BCUT2D eigenvalue weighted by atomic mass is 9.88. The lowest BCUT2D eigenvalue weighted by Gasteiger charge is -2.31. The average Bonchev–Trinajstić information content (AvgIpc) is 3.04. The van der Waals surface area contributed by atoms with E-state index in [1.807, 2.05) is 26.2 Å². The molecule has 2 N–H and O–H groups in total. The topological polar surface area (TPSA) is 88.5 Å². The second-order valence-electron chi connectivity index (χ2n) is 6.19. The monoisotopic (exact) mass is 376 g/mol. The van der Waals surface area contributed by atoms with Crippen LogP contribution in [0.3, 0.4) is 0 Å². The number of carboxylic acid groups (broad SMARTS) is 1. The van der Waals surface area contributed by atoms with Gasteiger partial charge in [-0.3, -0.25) is 9.59 Å². The van der Waals surface area contributed by atoms with Gasteiger partial charge in [0, 0.05) is 10.9 Å². The number of aryl methyl sites for hydroxylation is 1. The largest absolute Gasteiger partial charge is 0.487 e. The minimum absolute atomic E-state index is 0.106. The van der Waals surface area contributed by atoms with Gasteiger partial charge in [-0.2, -0.15) is 0 Å². The number of ether oxygens (including phenoxy) is 1. The summed E-state index contributed by atoms with van der Waals surface area (Å²) in [6, 6.07) is 6.87. The summed E-state index contributed by atoms with van der Waals surface area (Å²) < 4.78 is 5.71. The van der Waals surface area contributed by atoms with Crippen LogP contribution >= 0.6 is 11.3 Å². The van der Waals surface area contributed by atoms with Crippen molar-refractivity contribution in [1.82, 2.24) is 10.3 Å². The highest BCUT2D eigenvalue weighted by Gasteiger charge is 2.31. The van der Waals surface area contributed by atoms with Crippen molar-refractivity contribution in [3.63, 3.8) is 0 Å². The van der Waals surface area contributed by atoms with Crippen LogP contribution in [0.5, 0.6) is 5.75 Å². The molecule has 0 bridgehead atoms. The maximum absolute atomic E-state index is 12.6. The fraction of sp³-hybridized carbons (Fsp3) is 0.421. The van der Waals surface area contributed by atoms with E-state index >= 15 is 0 Å². The van der Waals surface area contributed by atoms with Crippen LogP contribution in [0.15, 0.2) is 29.6 Å². The molecule has 0 spiro atoms. The summed E-state index contributed by atoms with van der Waals surface area (Å²) in [6.07, 6.45) is 0.979. The summed E-state index contributed by atoms with van der Waals surface area (Å²) in [5, 5.41) is 15.0. The molecule has 7 heteroatoms. The molecule has 0 saturated heterocycles. The molecule has 6 nitrogen and oxygen atoms in total. The zero-order valence-electron chi connectivity index (χ0n) is 15.2. The van der Waals surface area contributed by atoms with Gasteiger partial charge in [0.15, 0.2) is 0 Å². The van der Waals surface area contributed by atoms with Gasteiger partial charge >= 0.3 is 5.97 Å². The maximum Gasteiger partial charge on any atom is 0.305 e. The molecular weight excluding hydrogens is 352 g/mol. The fourth-order valence-electron chi connectivity index (χ4n) is 2.68. The quantitative estimate of drug-likeness (QED) is 0.695. The maximum atomic E-state index is 12.6. The first-order valence-electron chi connectivity index (χ1n) is 8.55. The van der Waals surface area contributed by atoms with Gasteiger partial charge in [0.25, 0.3) is 5.91 Å². The van der Waals surface area contributed by atoms with Gasteiger partial charge in [-0.1, -0.05) is 19.9 Å². The molecule has 0 aliphatic rings. The average molecular weight is 376 g/mol. The number of nitrogens with one attached hydrogen (secondary N) is 1. The molecule has 0 unspecified atom stereocenters. The third-order valence-corrected chi connectivity index (χ3v) is 5.19. The number of carbonyl (C=O) groups is 2. The van der Waals surface area contributed by atoms with Crippen molar-refractivity contribution in [2.75, 3.05) is 0 Å². The molecular formula is C19H24N2O4S. The van der Waals surface area contributed by atoms with E-state index in [1.54, 1.807) is 35.6 Å². The highest BCUT2D eigenvalue weighted by molar-refractivity contribution is 7.09. The molecule has 2 rings (SSSR count). The van der Waals surface area contributed by atoms with Crippen LogP contribution in [-0.2, 0) is 11.4 Å². The van der Waals surface area contributed by atoms with E-state index in [-0.39, 0.29) is 12.3 Å². The number of hydrogen-bond acceptors (Lipinski definition) is 5. The van der Waals surface area contributed by atoms with E-state index in [4.69, 9.17) is 9.84 Å². The van der Waals surface area contributed by atoms with Crippen LogP contribution < -0.4 is 10.1 Å². The lowest BCUT2D eigenvalue weighted by molar-refractivity contribution is -0.138. The first-order chi connectivity index (χ1) is 12.4. The normalized spacial score (nSPS) is 11.2. The van der Waals surface area contributed by atoms with Gasteiger partial charge in [0.2, 0.25) is 0 Å². The van der Waals surface area contributed by atoms with Crippen molar-refractivity contribution in [2.24, 2.45) is 0 Å². The Labute approximate surface area is 157 Å². The van der Waals surface area contributed by atoms with Crippen LogP contribution in [0, 0.1) is 6.92 Å². The Morgan fingerprint density at radius 3 is 2.62 bits per heavy atom. The molecule has 1 heterocycles. The Hall–Kier alpha value is -2.41. The molecule has 1 aromatic carbocycles. The number of nitrogens with zero attached hydrogens (tertiary/aromatic N) is 1. The second kappa shape index (κ2) is 8.80. The van der Waals surface area contributed by atoms with E-state index < -0.39 is 11.5 Å². The first kappa shape index (κ1) is 19.9. The Morgan fingerprint density at radius 2 is 2.04 bits per heavy atom. The first-order valence-corrected chi connectivity index (χ1v) is 9.43. The van der Waals surface area contributed by atoms with E-state index in [9.17, 15) is 9.59 Å². The van der Waals surface area contributed by atoms with Gasteiger partial charge in [-0.25, -0.2) is 4.98 Å². The Kier molecular flexibility index (Phi) is 6.74. The Balaban J connectivity index is 2.07. The summed E-state index contributed by atoms with van der Waals surface area (Å²) in [6.45, 7) is 6.02. The van der Waals surface area contributed by atoms with Crippen LogP contribution in [0.1, 0.15) is 54.2 Å². The highest BCUT2D eigenvalue weighted by Crippen LogP contribution is 2.22. The van der Waals surface area contributed by atoms with Gasteiger partial charge < -0.3 is 15.2 Å².